The molecule has 0 spiro atoms. The highest BCUT2D eigenvalue weighted by molar-refractivity contribution is 5.89. The van der Waals surface area contributed by atoms with Crippen molar-refractivity contribution in [1.82, 2.24) is 15.6 Å². The molecule has 1 aliphatic heterocycles. The molecule has 0 bridgehead atoms. The SMILES string of the molecule is CC(NC(=O)C1CNC(=O)C1)c1cccnc1. The van der Waals surface area contributed by atoms with Crippen LogP contribution in [-0.2, 0) is 9.59 Å². The minimum atomic E-state index is -0.248. The Bertz CT molecular complexity index is 419. The molecule has 0 saturated carbocycles. The molecule has 2 amide bonds. The maximum Gasteiger partial charge on any atom is 0.225 e. The van der Waals surface area contributed by atoms with Crippen LogP contribution in [0, 0.1) is 5.92 Å². The molecular weight excluding hydrogens is 218 g/mol. The summed E-state index contributed by atoms with van der Waals surface area (Å²) in [7, 11) is 0. The summed E-state index contributed by atoms with van der Waals surface area (Å²) in [6.45, 7) is 2.34. The van der Waals surface area contributed by atoms with Crippen LogP contribution in [0.1, 0.15) is 24.9 Å². The predicted molar refractivity (Wildman–Crippen MR) is 61.9 cm³/mol. The lowest BCUT2D eigenvalue weighted by Gasteiger charge is -2.16. The van der Waals surface area contributed by atoms with E-state index in [1.165, 1.54) is 0 Å². The zero-order valence-corrected chi connectivity index (χ0v) is 9.64. The van der Waals surface area contributed by atoms with Gasteiger partial charge >= 0.3 is 0 Å². The van der Waals surface area contributed by atoms with Crippen molar-refractivity contribution in [1.29, 1.82) is 0 Å². The lowest BCUT2D eigenvalue weighted by Crippen LogP contribution is -2.33. The number of carbonyl (C=O) groups is 2. The van der Waals surface area contributed by atoms with Gasteiger partial charge in [-0.2, -0.15) is 0 Å². The van der Waals surface area contributed by atoms with E-state index in [0.29, 0.717) is 6.54 Å². The highest BCUT2D eigenvalue weighted by atomic mass is 16.2. The van der Waals surface area contributed by atoms with Crippen LogP contribution in [0.3, 0.4) is 0 Å². The van der Waals surface area contributed by atoms with E-state index < -0.39 is 0 Å². The first-order chi connectivity index (χ1) is 8.16. The van der Waals surface area contributed by atoms with Crippen molar-refractivity contribution in [3.63, 3.8) is 0 Å². The molecule has 2 rings (SSSR count). The molecule has 0 aliphatic carbocycles. The normalized spacial score (nSPS) is 20.8. The molecule has 1 fully saturated rings. The van der Waals surface area contributed by atoms with Gasteiger partial charge in [0, 0.05) is 25.4 Å². The van der Waals surface area contributed by atoms with Crippen molar-refractivity contribution in [2.75, 3.05) is 6.54 Å². The van der Waals surface area contributed by atoms with Crippen LogP contribution in [-0.4, -0.2) is 23.3 Å². The second-order valence-corrected chi connectivity index (χ2v) is 4.22. The number of aromatic nitrogens is 1. The first-order valence-corrected chi connectivity index (χ1v) is 5.64. The Kier molecular flexibility index (Phi) is 3.37. The summed E-state index contributed by atoms with van der Waals surface area (Å²) in [5.41, 5.74) is 0.957. The molecule has 17 heavy (non-hydrogen) atoms. The van der Waals surface area contributed by atoms with Crippen LogP contribution in [0.4, 0.5) is 0 Å². The average Bonchev–Trinajstić information content (AvgIpc) is 2.77. The van der Waals surface area contributed by atoms with Gasteiger partial charge in [0.15, 0.2) is 0 Å². The highest BCUT2D eigenvalue weighted by Gasteiger charge is 2.28. The molecule has 2 heterocycles. The van der Waals surface area contributed by atoms with E-state index in [-0.39, 0.29) is 30.2 Å². The number of hydrogen-bond donors (Lipinski definition) is 2. The number of nitrogens with one attached hydrogen (secondary N) is 2. The molecule has 2 N–H and O–H groups in total. The van der Waals surface area contributed by atoms with Crippen molar-refractivity contribution >= 4 is 11.8 Å². The highest BCUT2D eigenvalue weighted by Crippen LogP contribution is 2.14. The second-order valence-electron chi connectivity index (χ2n) is 4.22. The van der Waals surface area contributed by atoms with Gasteiger partial charge in [-0.3, -0.25) is 14.6 Å². The number of hydrogen-bond acceptors (Lipinski definition) is 3. The van der Waals surface area contributed by atoms with E-state index in [2.05, 4.69) is 15.6 Å². The van der Waals surface area contributed by atoms with Crippen molar-refractivity contribution in [3.05, 3.63) is 30.1 Å². The Morgan fingerprint density at radius 3 is 3.06 bits per heavy atom. The summed E-state index contributed by atoms with van der Waals surface area (Å²) in [4.78, 5) is 26.9. The smallest absolute Gasteiger partial charge is 0.225 e. The second kappa shape index (κ2) is 4.95. The number of rotatable bonds is 3. The Hall–Kier alpha value is -1.91. The van der Waals surface area contributed by atoms with Crippen molar-refractivity contribution in [2.45, 2.75) is 19.4 Å². The van der Waals surface area contributed by atoms with E-state index in [0.717, 1.165) is 5.56 Å². The summed E-state index contributed by atoms with van der Waals surface area (Å²) in [5, 5.41) is 5.54. The monoisotopic (exact) mass is 233 g/mol. The third kappa shape index (κ3) is 2.81. The molecular formula is C12H15N3O2. The molecule has 5 nitrogen and oxygen atoms in total. The van der Waals surface area contributed by atoms with Gasteiger partial charge in [0.1, 0.15) is 0 Å². The molecule has 2 atom stereocenters. The molecule has 0 aromatic carbocycles. The van der Waals surface area contributed by atoms with Gasteiger partial charge in [0.2, 0.25) is 11.8 Å². The van der Waals surface area contributed by atoms with Gasteiger partial charge in [0.25, 0.3) is 0 Å². The van der Waals surface area contributed by atoms with Gasteiger partial charge < -0.3 is 10.6 Å². The van der Waals surface area contributed by atoms with Crippen LogP contribution in [0.5, 0.6) is 0 Å². The zero-order valence-electron chi connectivity index (χ0n) is 9.64. The number of pyridine rings is 1. The van der Waals surface area contributed by atoms with Crippen molar-refractivity contribution < 1.29 is 9.59 Å². The van der Waals surface area contributed by atoms with Crippen molar-refractivity contribution in [3.8, 4) is 0 Å². The van der Waals surface area contributed by atoms with Gasteiger partial charge in [0.05, 0.1) is 12.0 Å². The largest absolute Gasteiger partial charge is 0.355 e. The summed E-state index contributed by atoms with van der Waals surface area (Å²) >= 11 is 0. The van der Waals surface area contributed by atoms with E-state index in [1.807, 2.05) is 19.1 Å². The molecule has 2 unspecified atom stereocenters. The molecule has 1 aromatic heterocycles. The Morgan fingerprint density at radius 2 is 2.47 bits per heavy atom. The lowest BCUT2D eigenvalue weighted by atomic mass is 10.1. The van der Waals surface area contributed by atoms with E-state index >= 15 is 0 Å². The molecule has 0 radical (unpaired) electrons. The first-order valence-electron chi connectivity index (χ1n) is 5.64. The number of amides is 2. The summed E-state index contributed by atoms with van der Waals surface area (Å²) in [6, 6.07) is 3.65. The Morgan fingerprint density at radius 1 is 1.65 bits per heavy atom. The third-order valence-electron chi connectivity index (χ3n) is 2.89. The van der Waals surface area contributed by atoms with Crippen LogP contribution in [0.25, 0.3) is 0 Å². The standard InChI is InChI=1S/C12H15N3O2/c1-8(9-3-2-4-13-6-9)15-12(17)10-5-11(16)14-7-10/h2-4,6,8,10H,5,7H2,1H3,(H,14,16)(H,15,17). The number of nitrogens with zero attached hydrogens (tertiary/aromatic N) is 1. The maximum absolute atomic E-state index is 11.9. The van der Waals surface area contributed by atoms with Gasteiger partial charge in [-0.05, 0) is 18.6 Å². The fourth-order valence-electron chi connectivity index (χ4n) is 1.84. The van der Waals surface area contributed by atoms with E-state index in [1.54, 1.807) is 12.4 Å². The quantitative estimate of drug-likeness (QED) is 0.793. The molecule has 1 saturated heterocycles. The summed E-state index contributed by atoms with van der Waals surface area (Å²) in [6.07, 6.45) is 3.70. The fraction of sp³-hybridized carbons (Fsp3) is 0.417. The predicted octanol–water partition coefficient (Wildman–Crippen LogP) is 0.395. The van der Waals surface area contributed by atoms with Crippen molar-refractivity contribution in [2.24, 2.45) is 5.92 Å². The number of carbonyl (C=O) groups excluding carboxylic acids is 2. The van der Waals surface area contributed by atoms with Gasteiger partial charge in [-0.15, -0.1) is 0 Å². The Labute approximate surface area is 99.6 Å². The minimum absolute atomic E-state index is 0.0563. The summed E-state index contributed by atoms with van der Waals surface area (Å²) in [5.74, 6) is -0.388. The molecule has 1 aromatic rings. The van der Waals surface area contributed by atoms with Crippen LogP contribution < -0.4 is 10.6 Å². The topological polar surface area (TPSA) is 71.1 Å². The van der Waals surface area contributed by atoms with Crippen LogP contribution in [0.2, 0.25) is 0 Å². The molecule has 90 valence electrons. The average molecular weight is 233 g/mol. The zero-order chi connectivity index (χ0) is 12.3. The van der Waals surface area contributed by atoms with Crippen LogP contribution >= 0.6 is 0 Å². The minimum Gasteiger partial charge on any atom is -0.355 e. The van der Waals surface area contributed by atoms with Crippen LogP contribution in [0.15, 0.2) is 24.5 Å². The molecule has 5 heteroatoms. The van der Waals surface area contributed by atoms with E-state index in [4.69, 9.17) is 0 Å². The van der Waals surface area contributed by atoms with Gasteiger partial charge in [-0.1, -0.05) is 6.07 Å². The Balaban J connectivity index is 1.93. The summed E-state index contributed by atoms with van der Waals surface area (Å²) < 4.78 is 0. The fourth-order valence-corrected chi connectivity index (χ4v) is 1.84. The first kappa shape index (κ1) is 11.6. The van der Waals surface area contributed by atoms with E-state index in [9.17, 15) is 9.59 Å². The van der Waals surface area contributed by atoms with Gasteiger partial charge in [-0.25, -0.2) is 0 Å². The maximum atomic E-state index is 11.9. The molecule has 1 aliphatic rings. The lowest BCUT2D eigenvalue weighted by molar-refractivity contribution is -0.127. The third-order valence-corrected chi connectivity index (χ3v) is 2.89.